The molecule has 3 rings (SSSR count). The summed E-state index contributed by atoms with van der Waals surface area (Å²) in [4.78, 5) is 25.5. The van der Waals surface area contributed by atoms with E-state index in [-0.39, 0.29) is 23.7 Å². The average molecular weight is 285 g/mol. The molecule has 2 aromatic rings. The lowest BCUT2D eigenvalue weighted by atomic mass is 10.1. The highest BCUT2D eigenvalue weighted by Gasteiger charge is 2.27. The molecule has 0 bridgehead atoms. The maximum atomic E-state index is 13.4. The predicted octanol–water partition coefficient (Wildman–Crippen LogP) is 2.01. The van der Waals surface area contributed by atoms with Gasteiger partial charge >= 0.3 is 0 Å². The number of carbonyl (C=O) groups excluding carboxylic acids is 2. The first-order chi connectivity index (χ1) is 10.0. The number of hydrogen-bond donors (Lipinski definition) is 2. The molecule has 106 valence electrons. The van der Waals surface area contributed by atoms with E-state index < -0.39 is 11.7 Å². The maximum Gasteiger partial charge on any atom is 0.259 e. The molecule has 0 radical (unpaired) electrons. The first kappa shape index (κ1) is 13.1. The summed E-state index contributed by atoms with van der Waals surface area (Å²) < 4.78 is 13.4. The van der Waals surface area contributed by atoms with Crippen LogP contribution in [-0.4, -0.2) is 18.4 Å². The third kappa shape index (κ3) is 2.43. The van der Waals surface area contributed by atoms with Crippen LogP contribution in [0.4, 0.5) is 21.5 Å². The lowest BCUT2D eigenvalue weighted by Crippen LogP contribution is -2.42. The highest BCUT2D eigenvalue weighted by molar-refractivity contribution is 6.15. The Bertz CT molecular complexity index is 725. The van der Waals surface area contributed by atoms with Crippen LogP contribution in [0.25, 0.3) is 0 Å². The molecule has 6 heteroatoms. The second-order valence-corrected chi connectivity index (χ2v) is 4.73. The van der Waals surface area contributed by atoms with Crippen molar-refractivity contribution in [2.75, 3.05) is 22.5 Å². The largest absolute Gasteiger partial charge is 0.399 e. The van der Waals surface area contributed by atoms with Crippen molar-refractivity contribution < 1.29 is 14.0 Å². The third-order valence-corrected chi connectivity index (χ3v) is 3.18. The van der Waals surface area contributed by atoms with Gasteiger partial charge in [-0.2, -0.15) is 0 Å². The van der Waals surface area contributed by atoms with Crippen LogP contribution in [0.5, 0.6) is 0 Å². The molecule has 3 N–H and O–H groups in total. The molecular formula is C15H12FN3O2. The van der Waals surface area contributed by atoms with E-state index in [0.29, 0.717) is 11.4 Å². The minimum atomic E-state index is -0.590. The number of nitrogens with one attached hydrogen (secondary N) is 1. The van der Waals surface area contributed by atoms with Crippen LogP contribution in [0.3, 0.4) is 0 Å². The van der Waals surface area contributed by atoms with Gasteiger partial charge in [-0.25, -0.2) is 4.39 Å². The fraction of sp³-hybridized carbons (Fsp3) is 0.0667. The Balaban J connectivity index is 2.03. The standard InChI is InChI=1S/C15H12FN3O2/c16-10-5-9(6-11(17)7-10)15(21)19-8-14(20)18-12-3-1-2-4-13(12)19/h1-7H,8,17H2,(H,18,20). The Morgan fingerprint density at radius 3 is 2.76 bits per heavy atom. The first-order valence-electron chi connectivity index (χ1n) is 6.31. The van der Waals surface area contributed by atoms with Gasteiger partial charge in [0.1, 0.15) is 12.4 Å². The van der Waals surface area contributed by atoms with Gasteiger partial charge < -0.3 is 11.1 Å². The number of nitrogen functional groups attached to an aromatic ring is 1. The second kappa shape index (κ2) is 4.90. The van der Waals surface area contributed by atoms with Gasteiger partial charge in [0.2, 0.25) is 5.91 Å². The number of hydrogen-bond acceptors (Lipinski definition) is 3. The molecule has 0 unspecified atom stereocenters. The van der Waals surface area contributed by atoms with Gasteiger partial charge in [-0.1, -0.05) is 12.1 Å². The van der Waals surface area contributed by atoms with Crippen molar-refractivity contribution in [1.29, 1.82) is 0 Å². The summed E-state index contributed by atoms with van der Waals surface area (Å²) in [7, 11) is 0. The average Bonchev–Trinajstić information content (AvgIpc) is 2.44. The number of fused-ring (bicyclic) bond motifs is 1. The minimum Gasteiger partial charge on any atom is -0.399 e. The molecule has 0 saturated carbocycles. The quantitative estimate of drug-likeness (QED) is 0.787. The zero-order valence-corrected chi connectivity index (χ0v) is 11.0. The van der Waals surface area contributed by atoms with Crippen molar-refractivity contribution >= 4 is 28.9 Å². The zero-order chi connectivity index (χ0) is 15.0. The van der Waals surface area contributed by atoms with Crippen molar-refractivity contribution in [2.45, 2.75) is 0 Å². The Morgan fingerprint density at radius 1 is 1.24 bits per heavy atom. The van der Waals surface area contributed by atoms with E-state index in [1.54, 1.807) is 24.3 Å². The van der Waals surface area contributed by atoms with Gasteiger partial charge in [-0.3, -0.25) is 14.5 Å². The van der Waals surface area contributed by atoms with Crippen molar-refractivity contribution in [3.63, 3.8) is 0 Å². The summed E-state index contributed by atoms with van der Waals surface area (Å²) in [6.07, 6.45) is 0. The van der Waals surface area contributed by atoms with Crippen LogP contribution in [0, 0.1) is 5.82 Å². The Morgan fingerprint density at radius 2 is 2.00 bits per heavy atom. The van der Waals surface area contributed by atoms with E-state index in [9.17, 15) is 14.0 Å². The molecule has 0 aromatic heterocycles. The van der Waals surface area contributed by atoms with Crippen LogP contribution in [0.2, 0.25) is 0 Å². The van der Waals surface area contributed by atoms with Gasteiger partial charge in [-0.15, -0.1) is 0 Å². The molecule has 0 atom stereocenters. The van der Waals surface area contributed by atoms with E-state index in [1.807, 2.05) is 0 Å². The summed E-state index contributed by atoms with van der Waals surface area (Å²) in [6.45, 7) is -0.119. The zero-order valence-electron chi connectivity index (χ0n) is 11.0. The highest BCUT2D eigenvalue weighted by Crippen LogP contribution is 2.30. The molecule has 0 spiro atoms. The van der Waals surface area contributed by atoms with Gasteiger partial charge in [0, 0.05) is 11.3 Å². The topological polar surface area (TPSA) is 75.4 Å². The van der Waals surface area contributed by atoms with E-state index in [4.69, 9.17) is 5.73 Å². The third-order valence-electron chi connectivity index (χ3n) is 3.18. The van der Waals surface area contributed by atoms with Crippen LogP contribution >= 0.6 is 0 Å². The van der Waals surface area contributed by atoms with Crippen LogP contribution in [0.1, 0.15) is 10.4 Å². The highest BCUT2D eigenvalue weighted by atomic mass is 19.1. The van der Waals surface area contributed by atoms with Crippen molar-refractivity contribution in [3.05, 3.63) is 53.8 Å². The monoisotopic (exact) mass is 285 g/mol. The van der Waals surface area contributed by atoms with Gasteiger partial charge in [0.25, 0.3) is 5.91 Å². The fourth-order valence-electron chi connectivity index (χ4n) is 2.31. The Labute approximate surface area is 120 Å². The number of amides is 2. The molecule has 0 saturated heterocycles. The Hall–Kier alpha value is -2.89. The summed E-state index contributed by atoms with van der Waals surface area (Å²) in [5.41, 5.74) is 6.95. The van der Waals surface area contributed by atoms with Crippen LogP contribution in [0.15, 0.2) is 42.5 Å². The van der Waals surface area contributed by atoms with E-state index >= 15 is 0 Å². The SMILES string of the molecule is Nc1cc(F)cc(C(=O)N2CC(=O)Nc3ccccc32)c1. The van der Waals surface area contributed by atoms with Gasteiger partial charge in [0.15, 0.2) is 0 Å². The Kier molecular flexibility index (Phi) is 3.06. The summed E-state index contributed by atoms with van der Waals surface area (Å²) >= 11 is 0. The molecular weight excluding hydrogens is 273 g/mol. The molecule has 5 nitrogen and oxygen atoms in total. The minimum absolute atomic E-state index is 0.108. The summed E-state index contributed by atoms with van der Waals surface area (Å²) in [5, 5.41) is 2.69. The van der Waals surface area contributed by atoms with E-state index in [2.05, 4.69) is 5.32 Å². The van der Waals surface area contributed by atoms with Crippen molar-refractivity contribution in [1.82, 2.24) is 0 Å². The molecule has 2 aromatic carbocycles. The van der Waals surface area contributed by atoms with Crippen LogP contribution < -0.4 is 16.0 Å². The number of anilines is 3. The van der Waals surface area contributed by atoms with Crippen molar-refractivity contribution in [2.24, 2.45) is 0 Å². The number of carbonyl (C=O) groups is 2. The molecule has 1 aliphatic rings. The van der Waals surface area contributed by atoms with Crippen molar-refractivity contribution in [3.8, 4) is 0 Å². The summed E-state index contributed by atoms with van der Waals surface area (Å²) in [6, 6.07) is 10.6. The number of benzene rings is 2. The first-order valence-corrected chi connectivity index (χ1v) is 6.31. The smallest absolute Gasteiger partial charge is 0.259 e. The molecule has 21 heavy (non-hydrogen) atoms. The number of nitrogens with two attached hydrogens (primary N) is 1. The van der Waals surface area contributed by atoms with E-state index in [0.717, 1.165) is 12.1 Å². The lowest BCUT2D eigenvalue weighted by Gasteiger charge is -2.29. The van der Waals surface area contributed by atoms with Crippen LogP contribution in [-0.2, 0) is 4.79 Å². The molecule has 1 heterocycles. The van der Waals surface area contributed by atoms with E-state index in [1.165, 1.54) is 11.0 Å². The number of nitrogens with zero attached hydrogens (tertiary/aromatic N) is 1. The van der Waals surface area contributed by atoms with Gasteiger partial charge in [0.05, 0.1) is 11.4 Å². The lowest BCUT2D eigenvalue weighted by molar-refractivity contribution is -0.115. The molecule has 0 aliphatic carbocycles. The summed E-state index contributed by atoms with van der Waals surface area (Å²) in [5.74, 6) is -1.36. The fourth-order valence-corrected chi connectivity index (χ4v) is 2.31. The number of para-hydroxylation sites is 2. The molecule has 0 fully saturated rings. The predicted molar refractivity (Wildman–Crippen MR) is 77.6 cm³/mol. The van der Waals surface area contributed by atoms with Gasteiger partial charge in [-0.05, 0) is 30.3 Å². The molecule has 1 aliphatic heterocycles. The normalized spacial score (nSPS) is 13.6. The maximum absolute atomic E-state index is 13.4. The second-order valence-electron chi connectivity index (χ2n) is 4.73. The number of halogens is 1. The number of rotatable bonds is 1. The molecule has 2 amide bonds.